The van der Waals surface area contributed by atoms with Crippen LogP contribution < -0.4 is 4.57 Å². The van der Waals surface area contributed by atoms with Gasteiger partial charge in [-0.2, -0.15) is 0 Å². The van der Waals surface area contributed by atoms with Crippen LogP contribution in [-0.2, 0) is 19.5 Å². The second kappa shape index (κ2) is 39.4. The molecule has 296 valence electrons. The third kappa shape index (κ3) is 30.8. The molecule has 50 heavy (non-hydrogen) atoms. The molecule has 1 aromatic heterocycles. The Labute approximate surface area is 317 Å². The van der Waals surface area contributed by atoms with Crippen LogP contribution in [0.25, 0.3) is 0 Å². The van der Waals surface area contributed by atoms with E-state index in [0.29, 0.717) is 0 Å². The number of nitrogens with zero attached hydrogens (tertiary/aromatic N) is 2. The van der Waals surface area contributed by atoms with E-state index in [1.807, 2.05) is 0 Å². The summed E-state index contributed by atoms with van der Waals surface area (Å²) >= 11 is 0. The number of unbranched alkanes of at least 4 members (excludes halogenated alkanes) is 36. The van der Waals surface area contributed by atoms with Gasteiger partial charge in [-0.3, -0.25) is 0 Å². The molecule has 0 unspecified atom stereocenters. The maximum Gasteiger partial charge on any atom is 0.256 e. The number of aromatic nitrogens is 2. The summed E-state index contributed by atoms with van der Waals surface area (Å²) in [7, 11) is 0. The normalized spacial score (nSPS) is 11.7. The Kier molecular flexibility index (Phi) is 37.2. The molecule has 1 heterocycles. The number of aryl methyl sites for hydroxylation is 2. The Bertz CT molecular complexity index is 766. The smallest absolute Gasteiger partial charge is 0.234 e. The zero-order chi connectivity index (χ0) is 35.8. The van der Waals surface area contributed by atoms with Gasteiger partial charge in [0.05, 0.1) is 13.1 Å². The molecule has 0 radical (unpaired) electrons. The van der Waals surface area contributed by atoms with Crippen molar-refractivity contribution < 1.29 is 4.57 Å². The molecule has 0 bridgehead atoms. The van der Waals surface area contributed by atoms with E-state index in [-0.39, 0.29) is 0 Å². The molecule has 0 amide bonds. The molecule has 0 saturated heterocycles. The molecule has 0 N–H and O–H groups in total. The number of hydrogen-bond acceptors (Lipinski definition) is 0. The first kappa shape index (κ1) is 47.2. The molecule has 2 nitrogen and oxygen atoms in total. The molecule has 0 fully saturated rings. The zero-order valence-corrected chi connectivity index (χ0v) is 35.2. The molecular weight excluding hydrogens is 605 g/mol. The second-order valence-corrected chi connectivity index (χ2v) is 16.6. The van der Waals surface area contributed by atoms with Gasteiger partial charge >= 0.3 is 0 Å². The Morgan fingerprint density at radius 1 is 0.340 bits per heavy atom. The van der Waals surface area contributed by atoms with Crippen LogP contribution in [0.2, 0.25) is 0 Å². The Hall–Kier alpha value is -0.790. The third-order valence-corrected chi connectivity index (χ3v) is 11.6. The fourth-order valence-corrected chi connectivity index (χ4v) is 8.09. The van der Waals surface area contributed by atoms with Crippen molar-refractivity contribution in [3.63, 3.8) is 0 Å². The Morgan fingerprint density at radius 3 is 0.960 bits per heavy atom. The van der Waals surface area contributed by atoms with Crippen LogP contribution in [0.15, 0.2) is 12.4 Å². The van der Waals surface area contributed by atoms with E-state index in [1.54, 1.807) is 5.82 Å². The zero-order valence-electron chi connectivity index (χ0n) is 35.2. The van der Waals surface area contributed by atoms with E-state index in [1.165, 1.54) is 270 Å². The largest absolute Gasteiger partial charge is 0.256 e. The van der Waals surface area contributed by atoms with Gasteiger partial charge in [-0.25, -0.2) is 9.13 Å². The van der Waals surface area contributed by atoms with Crippen molar-refractivity contribution in [3.8, 4) is 0 Å². The second-order valence-electron chi connectivity index (χ2n) is 16.6. The van der Waals surface area contributed by atoms with E-state index >= 15 is 0 Å². The topological polar surface area (TPSA) is 8.81 Å². The van der Waals surface area contributed by atoms with Gasteiger partial charge in [0.15, 0.2) is 0 Å². The molecule has 1 rings (SSSR count). The van der Waals surface area contributed by atoms with Gasteiger partial charge in [-0.15, -0.1) is 0 Å². The van der Waals surface area contributed by atoms with Gasteiger partial charge in [0.2, 0.25) is 0 Å². The summed E-state index contributed by atoms with van der Waals surface area (Å²) < 4.78 is 5.30. The van der Waals surface area contributed by atoms with Crippen molar-refractivity contribution in [2.24, 2.45) is 0 Å². The predicted octanol–water partition coefficient (Wildman–Crippen LogP) is 16.6. The van der Waals surface area contributed by atoms with Crippen molar-refractivity contribution in [1.29, 1.82) is 0 Å². The highest BCUT2D eigenvalue weighted by atomic mass is 15.1. The lowest BCUT2D eigenvalue weighted by Gasteiger charge is -2.07. The lowest BCUT2D eigenvalue weighted by molar-refractivity contribution is -0.704. The minimum atomic E-state index is 1.23. The van der Waals surface area contributed by atoms with Crippen molar-refractivity contribution in [1.82, 2.24) is 4.57 Å². The van der Waals surface area contributed by atoms with Crippen molar-refractivity contribution in [3.05, 3.63) is 18.2 Å². The van der Waals surface area contributed by atoms with Crippen LogP contribution in [-0.4, -0.2) is 4.57 Å². The van der Waals surface area contributed by atoms with Gasteiger partial charge in [0.1, 0.15) is 12.4 Å². The molecular formula is C48H95N2+. The average Bonchev–Trinajstić information content (AvgIpc) is 3.51. The number of rotatable bonds is 42. The minimum absolute atomic E-state index is 1.23. The van der Waals surface area contributed by atoms with Crippen LogP contribution in [0.4, 0.5) is 0 Å². The maximum atomic E-state index is 2.65. The Morgan fingerprint density at radius 2 is 0.620 bits per heavy atom. The lowest BCUT2D eigenvalue weighted by atomic mass is 10.0. The molecule has 0 aliphatic rings. The summed E-state index contributed by atoms with van der Waals surface area (Å²) in [6, 6.07) is 0. The summed E-state index contributed by atoms with van der Waals surface area (Å²) in [4.78, 5) is 0. The highest BCUT2D eigenvalue weighted by Crippen LogP contribution is 2.16. The fraction of sp³-hybridized carbons (Fsp3) is 0.938. The molecule has 0 atom stereocenters. The highest BCUT2D eigenvalue weighted by Gasteiger charge is 2.16. The summed E-state index contributed by atoms with van der Waals surface area (Å²) in [5, 5.41) is 0. The first-order chi connectivity index (χ1) is 24.8. The monoisotopic (exact) mass is 700 g/mol. The van der Waals surface area contributed by atoms with E-state index in [0.717, 1.165) is 0 Å². The van der Waals surface area contributed by atoms with Crippen LogP contribution in [0.3, 0.4) is 0 Å². The van der Waals surface area contributed by atoms with E-state index in [4.69, 9.17) is 0 Å². The van der Waals surface area contributed by atoms with Crippen molar-refractivity contribution >= 4 is 0 Å². The van der Waals surface area contributed by atoms with Gasteiger partial charge in [-0.05, 0) is 32.1 Å². The standard InChI is InChI=1S/C48H95N2/c1-4-7-10-13-16-19-22-24-25-26-27-28-30-33-36-39-42-45-50-47-46-49(44-41-38-35-32-21-18-15-12-9-6-3)48(50)43-40-37-34-31-29-23-20-17-14-11-8-5-2/h46-47H,4-45H2,1-3H3/q+1. The molecule has 0 aliphatic carbocycles. The first-order valence-electron chi connectivity index (χ1n) is 23.9. The third-order valence-electron chi connectivity index (χ3n) is 11.6. The predicted molar refractivity (Wildman–Crippen MR) is 225 cm³/mol. The molecule has 0 aromatic carbocycles. The molecule has 2 heteroatoms. The van der Waals surface area contributed by atoms with Crippen molar-refractivity contribution in [2.45, 2.75) is 291 Å². The van der Waals surface area contributed by atoms with Gasteiger partial charge in [0.25, 0.3) is 5.82 Å². The summed E-state index contributed by atoms with van der Waals surface area (Å²) in [5.74, 6) is 1.63. The van der Waals surface area contributed by atoms with Gasteiger partial charge in [0, 0.05) is 6.42 Å². The van der Waals surface area contributed by atoms with E-state index < -0.39 is 0 Å². The molecule has 1 aromatic rings. The first-order valence-corrected chi connectivity index (χ1v) is 23.9. The SMILES string of the molecule is CCCCCCCCCCCCCCCCCCC[n+]1ccn(CCCCCCCCCCCC)c1CCCCCCCCCCCCCC. The number of imidazole rings is 1. The molecule has 0 aliphatic heterocycles. The quantitative estimate of drug-likeness (QED) is 0.0474. The number of hydrogen-bond donors (Lipinski definition) is 0. The Balaban J connectivity index is 2.23. The molecule has 0 saturated carbocycles. The molecule has 0 spiro atoms. The van der Waals surface area contributed by atoms with Crippen LogP contribution in [0, 0.1) is 0 Å². The summed E-state index contributed by atoms with van der Waals surface area (Å²) in [6.07, 6.45) is 62.3. The van der Waals surface area contributed by atoms with Crippen LogP contribution >= 0.6 is 0 Å². The van der Waals surface area contributed by atoms with Crippen LogP contribution in [0.5, 0.6) is 0 Å². The van der Waals surface area contributed by atoms with E-state index in [9.17, 15) is 0 Å². The lowest BCUT2D eigenvalue weighted by Crippen LogP contribution is -2.37. The van der Waals surface area contributed by atoms with Gasteiger partial charge < -0.3 is 0 Å². The van der Waals surface area contributed by atoms with Gasteiger partial charge in [-0.1, -0.05) is 239 Å². The maximum absolute atomic E-state index is 2.65. The fourth-order valence-electron chi connectivity index (χ4n) is 8.09. The highest BCUT2D eigenvalue weighted by molar-refractivity contribution is 4.84. The minimum Gasteiger partial charge on any atom is -0.234 e. The van der Waals surface area contributed by atoms with Crippen molar-refractivity contribution in [2.75, 3.05) is 0 Å². The summed E-state index contributed by atoms with van der Waals surface area (Å²) in [6.45, 7) is 9.41. The summed E-state index contributed by atoms with van der Waals surface area (Å²) in [5.41, 5.74) is 0. The van der Waals surface area contributed by atoms with Crippen LogP contribution in [0.1, 0.15) is 277 Å². The average molecular weight is 700 g/mol. The van der Waals surface area contributed by atoms with E-state index in [2.05, 4.69) is 42.3 Å².